The first-order valence-electron chi connectivity index (χ1n) is 10.6. The van der Waals surface area contributed by atoms with Gasteiger partial charge in [-0.05, 0) is 44.1 Å². The predicted molar refractivity (Wildman–Crippen MR) is 120 cm³/mol. The lowest BCUT2D eigenvalue weighted by Gasteiger charge is -2.18. The van der Waals surface area contributed by atoms with Gasteiger partial charge in [0.2, 0.25) is 0 Å². The first-order chi connectivity index (χ1) is 15.0. The van der Waals surface area contributed by atoms with Crippen LogP contribution in [0.3, 0.4) is 0 Å². The van der Waals surface area contributed by atoms with Gasteiger partial charge >= 0.3 is 0 Å². The number of hydrogen-bond donors (Lipinski definition) is 0. The zero-order chi connectivity index (χ0) is 22.0. The van der Waals surface area contributed by atoms with E-state index in [1.165, 1.54) is 17.8 Å². The number of halogens is 1. The van der Waals surface area contributed by atoms with E-state index in [1.54, 1.807) is 6.20 Å². The molecule has 0 aliphatic carbocycles. The number of aromatic nitrogens is 5. The van der Waals surface area contributed by atoms with E-state index in [4.69, 9.17) is 4.98 Å². The van der Waals surface area contributed by atoms with Crippen molar-refractivity contribution in [2.24, 2.45) is 0 Å². The maximum absolute atomic E-state index is 13.9. The van der Waals surface area contributed by atoms with Gasteiger partial charge in [-0.25, -0.2) is 19.3 Å². The Kier molecular flexibility index (Phi) is 6.04. The topological polar surface area (TPSA) is 59.7 Å². The number of rotatable bonds is 7. The summed E-state index contributed by atoms with van der Waals surface area (Å²) in [6, 6.07) is 10.1. The van der Waals surface area contributed by atoms with Crippen LogP contribution in [0.25, 0.3) is 22.6 Å². The number of pyridine rings is 1. The largest absolute Gasteiger partial charge is 0.304 e. The Morgan fingerprint density at radius 2 is 1.65 bits per heavy atom. The lowest BCUT2D eigenvalue weighted by Crippen LogP contribution is -2.22. The molecule has 160 valence electrons. The number of nitrogens with zero attached hydrogens (tertiary/aromatic N) is 6. The molecule has 3 heterocycles. The van der Waals surface area contributed by atoms with Crippen LogP contribution in [0.1, 0.15) is 36.5 Å². The molecule has 7 heteroatoms. The van der Waals surface area contributed by atoms with Crippen molar-refractivity contribution in [1.29, 1.82) is 0 Å². The summed E-state index contributed by atoms with van der Waals surface area (Å²) in [6.45, 7) is 11.7. The highest BCUT2D eigenvalue weighted by molar-refractivity contribution is 5.79. The minimum atomic E-state index is -0.393. The number of fused-ring (bicyclic) bond motifs is 1. The van der Waals surface area contributed by atoms with Gasteiger partial charge in [-0.1, -0.05) is 38.1 Å². The molecular weight excluding hydrogens is 391 g/mol. The summed E-state index contributed by atoms with van der Waals surface area (Å²) in [5.41, 5.74) is 5.31. The van der Waals surface area contributed by atoms with Crippen LogP contribution >= 0.6 is 0 Å². The molecule has 0 aliphatic heterocycles. The first kappa shape index (κ1) is 21.1. The summed E-state index contributed by atoms with van der Waals surface area (Å²) < 4.78 is 15.9. The van der Waals surface area contributed by atoms with Gasteiger partial charge in [0, 0.05) is 18.3 Å². The van der Waals surface area contributed by atoms with Gasteiger partial charge in [-0.15, -0.1) is 0 Å². The minimum Gasteiger partial charge on any atom is -0.304 e. The van der Waals surface area contributed by atoms with E-state index >= 15 is 0 Å². The number of hydrogen-bond acceptors (Lipinski definition) is 5. The van der Waals surface area contributed by atoms with Crippen molar-refractivity contribution < 1.29 is 4.39 Å². The van der Waals surface area contributed by atoms with Gasteiger partial charge in [-0.3, -0.25) is 9.88 Å². The van der Waals surface area contributed by atoms with Crippen LogP contribution in [0.4, 0.5) is 4.39 Å². The fraction of sp³-hybridized carbons (Fsp3) is 0.333. The summed E-state index contributed by atoms with van der Waals surface area (Å²) in [6.07, 6.45) is 2.82. The van der Waals surface area contributed by atoms with E-state index in [9.17, 15) is 4.39 Å². The molecule has 0 amide bonds. The maximum Gasteiger partial charge on any atom is 0.164 e. The zero-order valence-electron chi connectivity index (χ0n) is 18.4. The molecule has 1 aromatic carbocycles. The van der Waals surface area contributed by atoms with E-state index in [0.29, 0.717) is 23.8 Å². The zero-order valence-corrected chi connectivity index (χ0v) is 18.4. The molecule has 0 aliphatic rings. The monoisotopic (exact) mass is 418 g/mol. The molecule has 0 saturated carbocycles. The summed E-state index contributed by atoms with van der Waals surface area (Å²) in [5.74, 6) is 0.928. The van der Waals surface area contributed by atoms with Crippen molar-refractivity contribution in [3.05, 3.63) is 71.2 Å². The van der Waals surface area contributed by atoms with Crippen molar-refractivity contribution in [3.8, 4) is 11.4 Å². The Morgan fingerprint density at radius 3 is 2.32 bits per heavy atom. The summed E-state index contributed by atoms with van der Waals surface area (Å²) in [4.78, 5) is 20.3. The summed E-state index contributed by atoms with van der Waals surface area (Å²) >= 11 is 0. The molecule has 6 nitrogen and oxygen atoms in total. The number of aryl methyl sites for hydroxylation is 2. The van der Waals surface area contributed by atoms with Gasteiger partial charge in [0.1, 0.15) is 23.0 Å². The molecule has 0 saturated heterocycles. The Balaban J connectivity index is 1.75. The predicted octanol–water partition coefficient (Wildman–Crippen LogP) is 4.53. The van der Waals surface area contributed by atoms with E-state index in [-0.39, 0.29) is 0 Å². The smallest absolute Gasteiger partial charge is 0.164 e. The van der Waals surface area contributed by atoms with Crippen molar-refractivity contribution in [2.45, 2.75) is 40.8 Å². The van der Waals surface area contributed by atoms with Crippen molar-refractivity contribution in [2.75, 3.05) is 13.1 Å². The molecule has 0 radical (unpaired) electrons. The van der Waals surface area contributed by atoms with E-state index in [0.717, 1.165) is 42.1 Å². The van der Waals surface area contributed by atoms with Crippen LogP contribution in [0.2, 0.25) is 0 Å². The molecule has 31 heavy (non-hydrogen) atoms. The van der Waals surface area contributed by atoms with Crippen LogP contribution in [0.15, 0.2) is 42.7 Å². The molecular formula is C24H27FN6. The lowest BCUT2D eigenvalue weighted by molar-refractivity contribution is 0.296. The second-order valence-corrected chi connectivity index (χ2v) is 7.72. The number of imidazole rings is 1. The molecule has 0 N–H and O–H groups in total. The van der Waals surface area contributed by atoms with Gasteiger partial charge in [0.15, 0.2) is 5.65 Å². The minimum absolute atomic E-state index is 0.393. The van der Waals surface area contributed by atoms with Crippen LogP contribution < -0.4 is 0 Å². The second-order valence-electron chi connectivity index (χ2n) is 7.72. The third kappa shape index (κ3) is 4.46. The summed E-state index contributed by atoms with van der Waals surface area (Å²) in [7, 11) is 0. The van der Waals surface area contributed by atoms with Crippen LogP contribution in [0.5, 0.6) is 0 Å². The molecule has 0 unspecified atom stereocenters. The van der Waals surface area contributed by atoms with Gasteiger partial charge in [0.05, 0.1) is 18.4 Å². The second kappa shape index (κ2) is 8.89. The molecule has 0 spiro atoms. The van der Waals surface area contributed by atoms with Crippen LogP contribution in [-0.4, -0.2) is 42.5 Å². The first-order valence-corrected chi connectivity index (χ1v) is 10.6. The number of benzene rings is 1. The SMILES string of the molecule is CCN(CC)Cc1ccc(Cn2c(-c3cncc(F)c3)nc3c(C)nc(C)nc32)cc1. The normalized spacial score (nSPS) is 11.5. The third-order valence-electron chi connectivity index (χ3n) is 5.51. The highest BCUT2D eigenvalue weighted by Gasteiger charge is 2.18. The van der Waals surface area contributed by atoms with Gasteiger partial charge in [-0.2, -0.15) is 0 Å². The average Bonchev–Trinajstić information content (AvgIpc) is 3.12. The molecule has 0 bridgehead atoms. The van der Waals surface area contributed by atoms with Crippen molar-refractivity contribution in [1.82, 2.24) is 29.4 Å². The van der Waals surface area contributed by atoms with E-state index in [1.807, 2.05) is 18.4 Å². The van der Waals surface area contributed by atoms with Crippen molar-refractivity contribution >= 4 is 11.2 Å². The van der Waals surface area contributed by atoms with Crippen LogP contribution in [-0.2, 0) is 13.1 Å². The van der Waals surface area contributed by atoms with Crippen LogP contribution in [0, 0.1) is 19.7 Å². The Hall–Kier alpha value is -3.19. The highest BCUT2D eigenvalue weighted by atomic mass is 19.1. The van der Waals surface area contributed by atoms with Gasteiger partial charge in [0.25, 0.3) is 0 Å². The Labute approximate surface area is 181 Å². The standard InChI is InChI=1S/C24H27FN6/c1-5-30(6-2)14-18-7-9-19(10-8-18)15-31-23(20-11-21(25)13-26-12-20)29-22-16(3)27-17(4)28-24(22)31/h7-13H,5-6,14-15H2,1-4H3. The third-order valence-corrected chi connectivity index (χ3v) is 5.51. The summed E-state index contributed by atoms with van der Waals surface area (Å²) in [5, 5.41) is 0. The van der Waals surface area contributed by atoms with E-state index < -0.39 is 5.82 Å². The van der Waals surface area contributed by atoms with Gasteiger partial charge < -0.3 is 4.57 Å². The molecule has 0 atom stereocenters. The fourth-order valence-corrected chi connectivity index (χ4v) is 3.82. The average molecular weight is 419 g/mol. The fourth-order valence-electron chi connectivity index (χ4n) is 3.82. The lowest BCUT2D eigenvalue weighted by atomic mass is 10.1. The Morgan fingerprint density at radius 1 is 0.935 bits per heavy atom. The highest BCUT2D eigenvalue weighted by Crippen LogP contribution is 2.26. The molecule has 4 rings (SSSR count). The molecule has 3 aromatic heterocycles. The maximum atomic E-state index is 13.9. The van der Waals surface area contributed by atoms with E-state index in [2.05, 4.69) is 58.0 Å². The van der Waals surface area contributed by atoms with Crippen molar-refractivity contribution in [3.63, 3.8) is 0 Å². The quantitative estimate of drug-likeness (QED) is 0.441. The molecule has 0 fully saturated rings. The molecule has 4 aromatic rings. The Bertz CT molecular complexity index is 1190.